The van der Waals surface area contributed by atoms with Crippen molar-refractivity contribution < 1.29 is 9.47 Å². The van der Waals surface area contributed by atoms with E-state index in [1.54, 1.807) is 7.11 Å². The summed E-state index contributed by atoms with van der Waals surface area (Å²) in [7, 11) is 1.67. The first-order valence-corrected chi connectivity index (χ1v) is 8.59. The molecule has 2 aromatic carbocycles. The molecule has 0 amide bonds. The molecule has 0 saturated heterocycles. The van der Waals surface area contributed by atoms with Gasteiger partial charge in [-0.05, 0) is 31.2 Å². The Labute approximate surface area is 150 Å². The number of hydrogen-bond donors (Lipinski definition) is 2. The Hall–Kier alpha value is -3.22. The zero-order chi connectivity index (χ0) is 17.8. The molecule has 0 fully saturated rings. The minimum atomic E-state index is -0.368. The number of ether oxygens (including phenoxy) is 2. The van der Waals surface area contributed by atoms with Crippen molar-refractivity contribution in [3.8, 4) is 11.5 Å². The SMILES string of the molecule is COc1cc2c(c([C@@H]3N=C(N)Nc4nc5ccccc5n43)c1)O[C@H](C)C2. The highest BCUT2D eigenvalue weighted by Gasteiger charge is 2.32. The molecule has 3 aromatic rings. The number of aromatic nitrogens is 2. The van der Waals surface area contributed by atoms with Crippen molar-refractivity contribution >= 4 is 22.9 Å². The number of methoxy groups -OCH3 is 1. The van der Waals surface area contributed by atoms with E-state index in [9.17, 15) is 0 Å². The lowest BCUT2D eigenvalue weighted by Gasteiger charge is -2.25. The molecule has 3 heterocycles. The zero-order valence-corrected chi connectivity index (χ0v) is 14.6. The van der Waals surface area contributed by atoms with Crippen molar-refractivity contribution in [1.29, 1.82) is 0 Å². The Kier molecular flexibility index (Phi) is 3.12. The molecule has 0 aliphatic carbocycles. The topological polar surface area (TPSA) is 86.7 Å². The number of anilines is 1. The number of benzene rings is 2. The molecule has 0 unspecified atom stereocenters. The number of rotatable bonds is 2. The van der Waals surface area contributed by atoms with E-state index in [4.69, 9.17) is 15.2 Å². The van der Waals surface area contributed by atoms with Gasteiger partial charge in [-0.3, -0.25) is 9.88 Å². The van der Waals surface area contributed by atoms with Crippen LogP contribution in [0.25, 0.3) is 11.0 Å². The highest BCUT2D eigenvalue weighted by Crippen LogP contribution is 2.43. The fourth-order valence-electron chi connectivity index (χ4n) is 3.77. The lowest BCUT2D eigenvalue weighted by molar-refractivity contribution is 0.251. The van der Waals surface area contributed by atoms with Crippen LogP contribution in [0.1, 0.15) is 24.2 Å². The quantitative estimate of drug-likeness (QED) is 0.743. The van der Waals surface area contributed by atoms with Crippen LogP contribution in [-0.2, 0) is 6.42 Å². The Balaban J connectivity index is 1.77. The molecule has 3 N–H and O–H groups in total. The molecule has 0 bridgehead atoms. The molecule has 0 radical (unpaired) electrons. The van der Waals surface area contributed by atoms with Gasteiger partial charge in [0.2, 0.25) is 5.95 Å². The van der Waals surface area contributed by atoms with Crippen molar-refractivity contribution in [2.45, 2.75) is 25.6 Å². The molecule has 2 aliphatic rings. The van der Waals surface area contributed by atoms with Gasteiger partial charge in [-0.2, -0.15) is 0 Å². The summed E-state index contributed by atoms with van der Waals surface area (Å²) in [5, 5.41) is 3.06. The third-order valence-electron chi connectivity index (χ3n) is 4.85. The third-order valence-corrected chi connectivity index (χ3v) is 4.85. The molecule has 2 aliphatic heterocycles. The Morgan fingerprint density at radius 3 is 3.00 bits per heavy atom. The molecular weight excluding hydrogens is 330 g/mol. The second-order valence-electron chi connectivity index (χ2n) is 6.64. The van der Waals surface area contributed by atoms with E-state index in [0.717, 1.165) is 40.1 Å². The zero-order valence-electron chi connectivity index (χ0n) is 14.6. The smallest absolute Gasteiger partial charge is 0.212 e. The molecule has 5 rings (SSSR count). The van der Waals surface area contributed by atoms with Crippen LogP contribution in [0.15, 0.2) is 41.4 Å². The highest BCUT2D eigenvalue weighted by atomic mass is 16.5. The van der Waals surface area contributed by atoms with E-state index < -0.39 is 0 Å². The van der Waals surface area contributed by atoms with Crippen LogP contribution < -0.4 is 20.5 Å². The minimum Gasteiger partial charge on any atom is -0.497 e. The summed E-state index contributed by atoms with van der Waals surface area (Å²) < 4.78 is 13.7. The molecule has 0 saturated carbocycles. The first kappa shape index (κ1) is 15.1. The van der Waals surface area contributed by atoms with Gasteiger partial charge in [0.1, 0.15) is 17.6 Å². The molecule has 132 valence electrons. The summed E-state index contributed by atoms with van der Waals surface area (Å²) in [6, 6.07) is 12.0. The minimum absolute atomic E-state index is 0.123. The lowest BCUT2D eigenvalue weighted by Crippen LogP contribution is -2.31. The summed E-state index contributed by atoms with van der Waals surface area (Å²) in [5.74, 6) is 2.66. The normalized spacial score (nSPS) is 20.8. The van der Waals surface area contributed by atoms with Crippen LogP contribution in [0.4, 0.5) is 5.95 Å². The number of guanidine groups is 1. The largest absolute Gasteiger partial charge is 0.497 e. The van der Waals surface area contributed by atoms with Crippen molar-refractivity contribution in [2.24, 2.45) is 10.7 Å². The maximum atomic E-state index is 6.11. The summed E-state index contributed by atoms with van der Waals surface area (Å²) in [5.41, 5.74) is 9.99. The molecule has 7 heteroatoms. The maximum Gasteiger partial charge on any atom is 0.212 e. The number of nitrogens with zero attached hydrogens (tertiary/aromatic N) is 3. The molecule has 1 aromatic heterocycles. The van der Waals surface area contributed by atoms with E-state index in [0.29, 0.717) is 11.9 Å². The Morgan fingerprint density at radius 1 is 1.31 bits per heavy atom. The van der Waals surface area contributed by atoms with Gasteiger partial charge in [0.15, 0.2) is 12.1 Å². The van der Waals surface area contributed by atoms with E-state index in [-0.39, 0.29) is 12.3 Å². The van der Waals surface area contributed by atoms with Crippen LogP contribution in [0, 0.1) is 0 Å². The van der Waals surface area contributed by atoms with Gasteiger partial charge >= 0.3 is 0 Å². The van der Waals surface area contributed by atoms with Gasteiger partial charge < -0.3 is 15.2 Å². The van der Waals surface area contributed by atoms with Crippen LogP contribution in [0.2, 0.25) is 0 Å². The standard InChI is InChI=1S/C19H19N5O2/c1-10-7-11-8-12(25-2)9-13(16(11)26-10)17-22-18(20)23-19-21-14-5-3-4-6-15(14)24(17)19/h3-6,8-10,17H,7H2,1-2H3,(H3,20,21,22,23)/t10-,17-/m1/s1. The molecule has 7 nitrogen and oxygen atoms in total. The van der Waals surface area contributed by atoms with Gasteiger partial charge in [-0.1, -0.05) is 12.1 Å². The Morgan fingerprint density at radius 2 is 2.15 bits per heavy atom. The molecule has 2 atom stereocenters. The van der Waals surface area contributed by atoms with Gasteiger partial charge in [-0.25, -0.2) is 9.98 Å². The van der Waals surface area contributed by atoms with E-state index in [1.165, 1.54) is 0 Å². The summed E-state index contributed by atoms with van der Waals surface area (Å²) in [4.78, 5) is 9.31. The van der Waals surface area contributed by atoms with Crippen molar-refractivity contribution in [3.05, 3.63) is 47.5 Å². The second kappa shape index (κ2) is 5.39. The average Bonchev–Trinajstić information content (AvgIpc) is 3.18. The maximum absolute atomic E-state index is 6.11. The molecule has 0 spiro atoms. The van der Waals surface area contributed by atoms with E-state index in [1.807, 2.05) is 41.0 Å². The first-order valence-electron chi connectivity index (χ1n) is 8.59. The predicted octanol–water partition coefficient (Wildman–Crippen LogP) is 2.66. The van der Waals surface area contributed by atoms with Gasteiger partial charge in [0, 0.05) is 17.5 Å². The van der Waals surface area contributed by atoms with Crippen molar-refractivity contribution in [1.82, 2.24) is 9.55 Å². The van der Waals surface area contributed by atoms with Crippen LogP contribution in [-0.4, -0.2) is 28.7 Å². The van der Waals surface area contributed by atoms with Crippen LogP contribution in [0.5, 0.6) is 11.5 Å². The third kappa shape index (κ3) is 2.13. The fraction of sp³-hybridized carbons (Fsp3) is 0.263. The summed E-state index contributed by atoms with van der Waals surface area (Å²) in [6.07, 6.45) is 0.604. The van der Waals surface area contributed by atoms with E-state index >= 15 is 0 Å². The lowest BCUT2D eigenvalue weighted by atomic mass is 10.0. The predicted molar refractivity (Wildman–Crippen MR) is 99.9 cm³/mol. The Bertz CT molecular complexity index is 1060. The highest BCUT2D eigenvalue weighted by molar-refractivity contribution is 5.94. The second-order valence-corrected chi connectivity index (χ2v) is 6.64. The number of nitrogens with two attached hydrogens (primary N) is 1. The first-order chi connectivity index (χ1) is 12.6. The summed E-state index contributed by atoms with van der Waals surface area (Å²) in [6.45, 7) is 2.06. The monoisotopic (exact) mass is 349 g/mol. The van der Waals surface area contributed by atoms with Crippen molar-refractivity contribution in [3.63, 3.8) is 0 Å². The number of fused-ring (bicyclic) bond motifs is 4. The van der Waals surface area contributed by atoms with E-state index in [2.05, 4.69) is 22.2 Å². The van der Waals surface area contributed by atoms with Gasteiger partial charge in [-0.15, -0.1) is 0 Å². The molecular formula is C19H19N5O2. The average molecular weight is 349 g/mol. The van der Waals surface area contributed by atoms with Gasteiger partial charge in [0.25, 0.3) is 0 Å². The van der Waals surface area contributed by atoms with Crippen LogP contribution >= 0.6 is 0 Å². The number of hydrogen-bond acceptors (Lipinski definition) is 6. The molecule has 26 heavy (non-hydrogen) atoms. The number of para-hydroxylation sites is 2. The number of nitrogens with one attached hydrogen (secondary N) is 1. The number of aliphatic imine (C=N–C) groups is 1. The van der Waals surface area contributed by atoms with Crippen LogP contribution in [0.3, 0.4) is 0 Å². The van der Waals surface area contributed by atoms with Gasteiger partial charge in [0.05, 0.1) is 18.1 Å². The fourth-order valence-corrected chi connectivity index (χ4v) is 3.77. The van der Waals surface area contributed by atoms with Crippen molar-refractivity contribution in [2.75, 3.05) is 12.4 Å². The number of imidazole rings is 1. The summed E-state index contributed by atoms with van der Waals surface area (Å²) >= 11 is 0.